The van der Waals surface area contributed by atoms with E-state index in [9.17, 15) is 4.79 Å². The third-order valence-corrected chi connectivity index (χ3v) is 2.66. The Morgan fingerprint density at radius 3 is 3.05 bits per heavy atom. The Morgan fingerprint density at radius 1 is 1.42 bits per heavy atom. The van der Waals surface area contributed by atoms with Crippen LogP contribution in [0.3, 0.4) is 0 Å². The molecular weight excluding hydrogens is 244 g/mol. The van der Waals surface area contributed by atoms with E-state index in [0.717, 1.165) is 13.0 Å². The molecule has 0 saturated carbocycles. The molecule has 0 spiro atoms. The SMILES string of the molecule is NCCn1cnc(C(=O)NCCCn2cccn2)c1. The van der Waals surface area contributed by atoms with Gasteiger partial charge in [-0.2, -0.15) is 5.10 Å². The highest BCUT2D eigenvalue weighted by Crippen LogP contribution is 1.96. The lowest BCUT2D eigenvalue weighted by molar-refractivity contribution is 0.0948. The van der Waals surface area contributed by atoms with Crippen LogP contribution in [0.25, 0.3) is 0 Å². The molecule has 2 heterocycles. The van der Waals surface area contributed by atoms with Gasteiger partial charge in [0, 0.05) is 44.8 Å². The van der Waals surface area contributed by atoms with Crippen LogP contribution in [0.5, 0.6) is 0 Å². The van der Waals surface area contributed by atoms with E-state index < -0.39 is 0 Å². The van der Waals surface area contributed by atoms with Crippen LogP contribution >= 0.6 is 0 Å². The molecular formula is C12H18N6O. The van der Waals surface area contributed by atoms with Gasteiger partial charge in [0.2, 0.25) is 0 Å². The van der Waals surface area contributed by atoms with Gasteiger partial charge in [0.25, 0.3) is 5.91 Å². The highest BCUT2D eigenvalue weighted by atomic mass is 16.1. The van der Waals surface area contributed by atoms with Gasteiger partial charge in [-0.1, -0.05) is 0 Å². The number of nitrogens with one attached hydrogen (secondary N) is 1. The Hall–Kier alpha value is -2.15. The highest BCUT2D eigenvalue weighted by Gasteiger charge is 2.08. The second-order valence-corrected chi connectivity index (χ2v) is 4.16. The molecule has 0 radical (unpaired) electrons. The zero-order chi connectivity index (χ0) is 13.5. The molecule has 0 aromatic carbocycles. The number of imidazole rings is 1. The summed E-state index contributed by atoms with van der Waals surface area (Å²) in [6.07, 6.45) is 7.79. The van der Waals surface area contributed by atoms with Crippen LogP contribution in [-0.4, -0.2) is 38.3 Å². The van der Waals surface area contributed by atoms with Crippen molar-refractivity contribution in [2.24, 2.45) is 5.73 Å². The summed E-state index contributed by atoms with van der Waals surface area (Å²) >= 11 is 0. The molecule has 0 atom stereocenters. The van der Waals surface area contributed by atoms with Crippen LogP contribution in [0.1, 0.15) is 16.9 Å². The average Bonchev–Trinajstić information content (AvgIpc) is 3.06. The molecule has 0 saturated heterocycles. The first kappa shape index (κ1) is 13.3. The summed E-state index contributed by atoms with van der Waals surface area (Å²) in [4.78, 5) is 15.8. The molecule has 2 aromatic rings. The lowest BCUT2D eigenvalue weighted by atomic mass is 10.4. The number of hydrogen-bond donors (Lipinski definition) is 2. The normalized spacial score (nSPS) is 10.6. The van der Waals surface area contributed by atoms with E-state index in [1.165, 1.54) is 0 Å². The summed E-state index contributed by atoms with van der Waals surface area (Å²) in [5.74, 6) is -0.156. The van der Waals surface area contributed by atoms with E-state index in [2.05, 4.69) is 15.4 Å². The minimum absolute atomic E-state index is 0.156. The largest absolute Gasteiger partial charge is 0.351 e. The molecule has 0 fully saturated rings. The van der Waals surface area contributed by atoms with Crippen LogP contribution in [-0.2, 0) is 13.1 Å². The average molecular weight is 262 g/mol. The van der Waals surface area contributed by atoms with Crippen molar-refractivity contribution < 1.29 is 4.79 Å². The maximum Gasteiger partial charge on any atom is 0.271 e. The van der Waals surface area contributed by atoms with Crippen molar-refractivity contribution in [2.45, 2.75) is 19.5 Å². The van der Waals surface area contributed by atoms with Gasteiger partial charge < -0.3 is 15.6 Å². The quantitative estimate of drug-likeness (QED) is 0.679. The number of nitrogens with two attached hydrogens (primary N) is 1. The first-order valence-corrected chi connectivity index (χ1v) is 6.27. The van der Waals surface area contributed by atoms with Crippen molar-refractivity contribution in [2.75, 3.05) is 13.1 Å². The van der Waals surface area contributed by atoms with Gasteiger partial charge >= 0.3 is 0 Å². The van der Waals surface area contributed by atoms with Crippen molar-refractivity contribution in [3.05, 3.63) is 36.7 Å². The number of carbonyl (C=O) groups excluding carboxylic acids is 1. The first-order chi connectivity index (χ1) is 9.29. The van der Waals surface area contributed by atoms with E-state index in [0.29, 0.717) is 25.3 Å². The molecule has 0 aliphatic heterocycles. The maximum atomic E-state index is 11.8. The second-order valence-electron chi connectivity index (χ2n) is 4.16. The molecule has 2 aromatic heterocycles. The Bertz CT molecular complexity index is 504. The van der Waals surface area contributed by atoms with Crippen molar-refractivity contribution in [3.63, 3.8) is 0 Å². The maximum absolute atomic E-state index is 11.8. The van der Waals surface area contributed by atoms with E-state index >= 15 is 0 Å². The van der Waals surface area contributed by atoms with Gasteiger partial charge in [-0.3, -0.25) is 9.48 Å². The predicted molar refractivity (Wildman–Crippen MR) is 70.5 cm³/mol. The lowest BCUT2D eigenvalue weighted by Gasteiger charge is -2.03. The van der Waals surface area contributed by atoms with Crippen LogP contribution in [0.2, 0.25) is 0 Å². The molecule has 0 bridgehead atoms. The van der Waals surface area contributed by atoms with Crippen LogP contribution in [0.4, 0.5) is 0 Å². The molecule has 102 valence electrons. The monoisotopic (exact) mass is 262 g/mol. The minimum atomic E-state index is -0.156. The van der Waals surface area contributed by atoms with Crippen LogP contribution in [0.15, 0.2) is 31.0 Å². The number of nitrogens with zero attached hydrogens (tertiary/aromatic N) is 4. The number of carbonyl (C=O) groups is 1. The van der Waals surface area contributed by atoms with E-state index in [-0.39, 0.29) is 5.91 Å². The topological polar surface area (TPSA) is 90.8 Å². The van der Waals surface area contributed by atoms with Gasteiger partial charge in [0.1, 0.15) is 5.69 Å². The van der Waals surface area contributed by atoms with Crippen molar-refractivity contribution in [1.82, 2.24) is 24.6 Å². The lowest BCUT2D eigenvalue weighted by Crippen LogP contribution is -2.25. The molecule has 7 heteroatoms. The number of aromatic nitrogens is 4. The Labute approximate surface area is 111 Å². The molecule has 1 amide bonds. The fourth-order valence-corrected chi connectivity index (χ4v) is 1.71. The second kappa shape index (κ2) is 6.69. The molecule has 0 unspecified atom stereocenters. The molecule has 3 N–H and O–H groups in total. The predicted octanol–water partition coefficient (Wildman–Crippen LogP) is -0.142. The van der Waals surface area contributed by atoms with Crippen molar-refractivity contribution in [3.8, 4) is 0 Å². The third-order valence-electron chi connectivity index (χ3n) is 2.66. The fourth-order valence-electron chi connectivity index (χ4n) is 1.71. The summed E-state index contributed by atoms with van der Waals surface area (Å²) in [6.45, 7) is 2.58. The summed E-state index contributed by atoms with van der Waals surface area (Å²) in [6, 6.07) is 1.88. The van der Waals surface area contributed by atoms with E-state index in [1.54, 1.807) is 23.3 Å². The number of aryl methyl sites for hydroxylation is 1. The van der Waals surface area contributed by atoms with Gasteiger partial charge in [-0.15, -0.1) is 0 Å². The number of rotatable bonds is 7. The minimum Gasteiger partial charge on any atom is -0.351 e. The zero-order valence-electron chi connectivity index (χ0n) is 10.7. The van der Waals surface area contributed by atoms with Gasteiger partial charge in [-0.05, 0) is 12.5 Å². The molecule has 7 nitrogen and oxygen atoms in total. The standard InChI is InChI=1S/C12H18N6O/c13-3-8-17-9-11(15-10-17)12(19)14-4-1-6-18-7-2-5-16-18/h2,5,7,9-10H,1,3-4,6,8,13H2,(H,14,19). The first-order valence-electron chi connectivity index (χ1n) is 6.27. The summed E-state index contributed by atoms with van der Waals surface area (Å²) in [5, 5.41) is 6.92. The van der Waals surface area contributed by atoms with Crippen molar-refractivity contribution >= 4 is 5.91 Å². The van der Waals surface area contributed by atoms with Crippen molar-refractivity contribution in [1.29, 1.82) is 0 Å². The van der Waals surface area contributed by atoms with Gasteiger partial charge in [0.15, 0.2) is 0 Å². The van der Waals surface area contributed by atoms with E-state index in [4.69, 9.17) is 5.73 Å². The summed E-state index contributed by atoms with van der Waals surface area (Å²) < 4.78 is 3.64. The summed E-state index contributed by atoms with van der Waals surface area (Å²) in [5.41, 5.74) is 5.86. The highest BCUT2D eigenvalue weighted by molar-refractivity contribution is 5.91. The number of amides is 1. The smallest absolute Gasteiger partial charge is 0.271 e. The third kappa shape index (κ3) is 3.92. The zero-order valence-corrected chi connectivity index (χ0v) is 10.7. The molecule has 0 aliphatic rings. The Kier molecular flexibility index (Phi) is 4.68. The van der Waals surface area contributed by atoms with Gasteiger partial charge in [0.05, 0.1) is 6.33 Å². The molecule has 0 aliphatic carbocycles. The van der Waals surface area contributed by atoms with Crippen LogP contribution in [0, 0.1) is 0 Å². The Morgan fingerprint density at radius 2 is 2.32 bits per heavy atom. The number of hydrogen-bond acceptors (Lipinski definition) is 4. The van der Waals surface area contributed by atoms with Crippen LogP contribution < -0.4 is 11.1 Å². The van der Waals surface area contributed by atoms with E-state index in [1.807, 2.05) is 16.9 Å². The van der Waals surface area contributed by atoms with Gasteiger partial charge in [-0.25, -0.2) is 4.98 Å². The molecule has 19 heavy (non-hydrogen) atoms. The Balaban J connectivity index is 1.71. The summed E-state index contributed by atoms with van der Waals surface area (Å²) in [7, 11) is 0. The fraction of sp³-hybridized carbons (Fsp3) is 0.417. The molecule has 2 rings (SSSR count).